The van der Waals surface area contributed by atoms with Crippen molar-refractivity contribution in [3.8, 4) is 0 Å². The van der Waals surface area contributed by atoms with E-state index in [1.54, 1.807) is 6.07 Å². The molecule has 2 nitrogen and oxygen atoms in total. The summed E-state index contributed by atoms with van der Waals surface area (Å²) in [5.41, 5.74) is 0.299. The van der Waals surface area contributed by atoms with Crippen LogP contribution in [0.1, 0.15) is 5.56 Å². The number of halogens is 3. The zero-order chi connectivity index (χ0) is 10.9. The van der Waals surface area contributed by atoms with Gasteiger partial charge in [-0.1, -0.05) is 22.0 Å². The van der Waals surface area contributed by atoms with Crippen molar-refractivity contribution in [2.45, 2.75) is 17.6 Å². The van der Waals surface area contributed by atoms with Gasteiger partial charge in [0, 0.05) is 4.47 Å². The predicted molar refractivity (Wildman–Crippen MR) is 52.1 cm³/mol. The van der Waals surface area contributed by atoms with E-state index in [-0.39, 0.29) is 4.90 Å². The van der Waals surface area contributed by atoms with Gasteiger partial charge < -0.3 is 0 Å². The van der Waals surface area contributed by atoms with Crippen LogP contribution in [0.2, 0.25) is 0 Å². The van der Waals surface area contributed by atoms with Crippen LogP contribution in [-0.4, -0.2) is 14.2 Å². The van der Waals surface area contributed by atoms with Crippen LogP contribution in [0.25, 0.3) is 0 Å². The van der Waals surface area contributed by atoms with Gasteiger partial charge in [-0.05, 0) is 24.6 Å². The molecule has 1 rings (SSSR count). The van der Waals surface area contributed by atoms with E-state index in [0.29, 0.717) is 10.0 Å². The van der Waals surface area contributed by atoms with Crippen molar-refractivity contribution in [1.29, 1.82) is 0 Å². The number of benzene rings is 1. The largest absolute Gasteiger partial charge is 0.341 e. The van der Waals surface area contributed by atoms with Gasteiger partial charge in [-0.15, -0.1) is 0 Å². The predicted octanol–water partition coefficient (Wildman–Crippen LogP) is 2.75. The van der Waals surface area contributed by atoms with E-state index >= 15 is 0 Å². The normalized spacial score (nSPS) is 12.1. The van der Waals surface area contributed by atoms with Crippen LogP contribution in [-0.2, 0) is 9.84 Å². The van der Waals surface area contributed by atoms with Gasteiger partial charge in [0.05, 0.1) is 4.90 Å². The zero-order valence-electron chi connectivity index (χ0n) is 7.17. The molecule has 0 atom stereocenters. The molecule has 0 N–H and O–H groups in total. The van der Waals surface area contributed by atoms with Gasteiger partial charge in [-0.25, -0.2) is 8.42 Å². The molecule has 0 fully saturated rings. The van der Waals surface area contributed by atoms with E-state index in [1.807, 2.05) is 0 Å². The number of alkyl halides is 2. The Morgan fingerprint density at radius 1 is 1.36 bits per heavy atom. The molecule has 0 aliphatic rings. The Balaban J connectivity index is 3.42. The van der Waals surface area contributed by atoms with Gasteiger partial charge >= 0.3 is 5.76 Å². The molecule has 0 aliphatic heterocycles. The van der Waals surface area contributed by atoms with Crippen LogP contribution in [0.3, 0.4) is 0 Å². The van der Waals surface area contributed by atoms with E-state index in [1.165, 1.54) is 19.1 Å². The second-order valence-corrected chi connectivity index (χ2v) is 5.41. The molecule has 14 heavy (non-hydrogen) atoms. The molecule has 1 aromatic rings. The lowest BCUT2D eigenvalue weighted by Crippen LogP contribution is -2.12. The van der Waals surface area contributed by atoms with Crippen LogP contribution in [0.5, 0.6) is 0 Å². The molecule has 6 heteroatoms. The maximum Gasteiger partial charge on any atom is 0.341 e. The van der Waals surface area contributed by atoms with E-state index in [9.17, 15) is 17.2 Å². The number of sulfone groups is 1. The van der Waals surface area contributed by atoms with Crippen molar-refractivity contribution in [3.05, 3.63) is 28.2 Å². The highest BCUT2D eigenvalue weighted by molar-refractivity contribution is 9.10. The third kappa shape index (κ3) is 1.95. The summed E-state index contributed by atoms with van der Waals surface area (Å²) in [5.74, 6) is -3.38. The monoisotopic (exact) mass is 284 g/mol. The first kappa shape index (κ1) is 11.6. The summed E-state index contributed by atoms with van der Waals surface area (Å²) in [4.78, 5) is -0.332. The van der Waals surface area contributed by atoms with Gasteiger partial charge in [-0.3, -0.25) is 0 Å². The minimum Gasteiger partial charge on any atom is -0.218 e. The molecule has 1 aromatic carbocycles. The highest BCUT2D eigenvalue weighted by Crippen LogP contribution is 2.26. The van der Waals surface area contributed by atoms with Crippen LogP contribution in [0, 0.1) is 6.92 Å². The Labute approximate surface area is 89.0 Å². The van der Waals surface area contributed by atoms with Crippen molar-refractivity contribution in [2.75, 3.05) is 0 Å². The lowest BCUT2D eigenvalue weighted by molar-refractivity contribution is 0.234. The second-order valence-electron chi connectivity index (χ2n) is 2.67. The summed E-state index contributed by atoms with van der Waals surface area (Å²) in [7, 11) is -4.49. The average molecular weight is 285 g/mol. The van der Waals surface area contributed by atoms with Crippen LogP contribution >= 0.6 is 15.9 Å². The third-order valence-corrected chi connectivity index (χ3v) is 4.14. The summed E-state index contributed by atoms with van der Waals surface area (Å²) in [6.07, 6.45) is 0. The third-order valence-electron chi connectivity index (χ3n) is 1.76. The smallest absolute Gasteiger partial charge is 0.218 e. The Bertz CT molecular complexity index is 443. The van der Waals surface area contributed by atoms with Gasteiger partial charge in [0.15, 0.2) is 0 Å². The van der Waals surface area contributed by atoms with Crippen molar-refractivity contribution in [2.24, 2.45) is 0 Å². The highest BCUT2D eigenvalue weighted by atomic mass is 79.9. The Hall–Kier alpha value is -0.490. The van der Waals surface area contributed by atoms with Gasteiger partial charge in [0.25, 0.3) is 0 Å². The Morgan fingerprint density at radius 2 is 1.93 bits per heavy atom. The maximum absolute atomic E-state index is 12.2. The summed E-state index contributed by atoms with van der Waals surface area (Å²) in [5, 5.41) is 0. The molecule has 78 valence electrons. The van der Waals surface area contributed by atoms with Crippen molar-refractivity contribution < 1.29 is 17.2 Å². The zero-order valence-corrected chi connectivity index (χ0v) is 9.57. The molecular formula is C8H7BrF2O2S. The topological polar surface area (TPSA) is 34.1 Å². The summed E-state index contributed by atoms with van der Waals surface area (Å²) in [6, 6.07) is 4.17. The molecule has 0 amide bonds. The molecule has 0 heterocycles. The molecule has 0 saturated carbocycles. The van der Waals surface area contributed by atoms with Crippen LogP contribution in [0.4, 0.5) is 8.78 Å². The Kier molecular flexibility index (Phi) is 3.26. The first-order valence-corrected chi connectivity index (χ1v) is 5.98. The average Bonchev–Trinajstić information content (AvgIpc) is 2.09. The molecule has 0 saturated heterocycles. The fourth-order valence-electron chi connectivity index (χ4n) is 0.992. The number of hydrogen-bond donors (Lipinski definition) is 0. The van der Waals surface area contributed by atoms with Gasteiger partial charge in [0.2, 0.25) is 9.84 Å². The van der Waals surface area contributed by atoms with Gasteiger partial charge in [0.1, 0.15) is 0 Å². The molecule has 0 aromatic heterocycles. The second kappa shape index (κ2) is 3.94. The quantitative estimate of drug-likeness (QED) is 0.837. The summed E-state index contributed by atoms with van der Waals surface area (Å²) >= 11 is 3.08. The molecule has 0 unspecified atom stereocenters. The minimum absolute atomic E-state index is 0.299. The van der Waals surface area contributed by atoms with Crippen LogP contribution in [0.15, 0.2) is 27.6 Å². The van der Waals surface area contributed by atoms with Crippen molar-refractivity contribution >= 4 is 25.8 Å². The molecule has 0 bridgehead atoms. The minimum atomic E-state index is -4.49. The van der Waals surface area contributed by atoms with Crippen LogP contribution < -0.4 is 0 Å². The molecule has 0 radical (unpaired) electrons. The maximum atomic E-state index is 12.2. The summed E-state index contributed by atoms with van der Waals surface area (Å²) in [6.45, 7) is 1.47. The van der Waals surface area contributed by atoms with Crippen molar-refractivity contribution in [3.63, 3.8) is 0 Å². The number of rotatable bonds is 2. The first-order valence-electron chi connectivity index (χ1n) is 3.64. The molecular weight excluding hydrogens is 278 g/mol. The number of hydrogen-bond acceptors (Lipinski definition) is 2. The standard InChI is InChI=1S/C8H7BrF2O2S/c1-5-6(9)3-2-4-7(5)14(12,13)8(10)11/h2-4,8H,1H3. The Morgan fingerprint density at radius 3 is 2.43 bits per heavy atom. The van der Waals surface area contributed by atoms with E-state index in [0.717, 1.165) is 0 Å². The van der Waals surface area contributed by atoms with E-state index < -0.39 is 15.6 Å². The lowest BCUT2D eigenvalue weighted by Gasteiger charge is -2.07. The summed E-state index contributed by atoms with van der Waals surface area (Å²) < 4.78 is 47.2. The fourth-order valence-corrected chi connectivity index (χ4v) is 2.49. The van der Waals surface area contributed by atoms with Crippen molar-refractivity contribution in [1.82, 2.24) is 0 Å². The molecule has 0 aliphatic carbocycles. The lowest BCUT2D eigenvalue weighted by atomic mass is 10.2. The van der Waals surface area contributed by atoms with Gasteiger partial charge in [-0.2, -0.15) is 8.78 Å². The fraction of sp³-hybridized carbons (Fsp3) is 0.250. The first-order chi connectivity index (χ1) is 6.37. The molecule has 0 spiro atoms. The van der Waals surface area contributed by atoms with E-state index in [4.69, 9.17) is 0 Å². The SMILES string of the molecule is Cc1c(Br)cccc1S(=O)(=O)C(F)F. The van der Waals surface area contributed by atoms with E-state index in [2.05, 4.69) is 15.9 Å². The highest BCUT2D eigenvalue weighted by Gasteiger charge is 2.28.